The number of aryl methyl sites for hydroxylation is 1. The Balaban J connectivity index is 1.85. The molecule has 2 rings (SSSR count). The monoisotopic (exact) mass is 320 g/mol. The van der Waals surface area contributed by atoms with Crippen molar-refractivity contribution >= 4 is 0 Å². The van der Waals surface area contributed by atoms with E-state index in [9.17, 15) is 5.11 Å². The molecule has 1 aromatic rings. The maximum Gasteiger partial charge on any atom is 0.0791 e. The molecule has 0 saturated carbocycles. The first-order chi connectivity index (χ1) is 11.1. The number of aliphatic hydroxyl groups excluding tert-OH is 1. The summed E-state index contributed by atoms with van der Waals surface area (Å²) in [5, 5.41) is 13.9. The van der Waals surface area contributed by atoms with Crippen molar-refractivity contribution in [3.63, 3.8) is 0 Å². The Kier molecular flexibility index (Phi) is 7.50. The summed E-state index contributed by atoms with van der Waals surface area (Å²) in [7, 11) is 0. The minimum absolute atomic E-state index is 0.278. The van der Waals surface area contributed by atoms with Gasteiger partial charge in [0.2, 0.25) is 0 Å². The maximum absolute atomic E-state index is 10.3. The van der Waals surface area contributed by atoms with Crippen LogP contribution in [-0.2, 0) is 11.2 Å². The summed E-state index contributed by atoms with van der Waals surface area (Å²) in [6.07, 6.45) is 0.725. The van der Waals surface area contributed by atoms with Crippen LogP contribution in [0, 0.1) is 5.92 Å². The Morgan fingerprint density at radius 3 is 2.39 bits per heavy atom. The molecule has 0 spiro atoms. The van der Waals surface area contributed by atoms with Gasteiger partial charge in [0.15, 0.2) is 0 Å². The molecule has 0 aliphatic carbocycles. The SMILES string of the molecule is CCc1ccc(C(NCC(O)CN2CCOCC2)C(C)C)cc1. The first-order valence-electron chi connectivity index (χ1n) is 8.90. The highest BCUT2D eigenvalue weighted by Crippen LogP contribution is 2.22. The molecule has 1 saturated heterocycles. The van der Waals surface area contributed by atoms with Crippen LogP contribution < -0.4 is 5.32 Å². The molecule has 1 aromatic carbocycles. The minimum Gasteiger partial charge on any atom is -0.390 e. The number of nitrogens with one attached hydrogen (secondary N) is 1. The highest BCUT2D eigenvalue weighted by atomic mass is 16.5. The highest BCUT2D eigenvalue weighted by molar-refractivity contribution is 5.25. The van der Waals surface area contributed by atoms with E-state index in [4.69, 9.17) is 4.74 Å². The lowest BCUT2D eigenvalue weighted by Crippen LogP contribution is -2.44. The first kappa shape index (κ1) is 18.4. The zero-order chi connectivity index (χ0) is 16.7. The molecule has 4 nitrogen and oxygen atoms in total. The van der Waals surface area contributed by atoms with Crippen molar-refractivity contribution in [2.24, 2.45) is 5.92 Å². The summed E-state index contributed by atoms with van der Waals surface area (Å²) < 4.78 is 5.35. The van der Waals surface area contributed by atoms with E-state index in [1.807, 2.05) is 0 Å². The van der Waals surface area contributed by atoms with Crippen LogP contribution in [0.3, 0.4) is 0 Å². The number of morpholine rings is 1. The Labute approximate surface area is 140 Å². The lowest BCUT2D eigenvalue weighted by Gasteiger charge is -2.30. The van der Waals surface area contributed by atoms with E-state index in [-0.39, 0.29) is 12.1 Å². The Morgan fingerprint density at radius 1 is 1.17 bits per heavy atom. The van der Waals surface area contributed by atoms with Crippen LogP contribution in [0.4, 0.5) is 0 Å². The molecule has 2 atom stereocenters. The fraction of sp³-hybridized carbons (Fsp3) is 0.684. The van der Waals surface area contributed by atoms with Crippen LogP contribution in [-0.4, -0.2) is 55.5 Å². The normalized spacial score (nSPS) is 19.0. The van der Waals surface area contributed by atoms with Crippen LogP contribution in [0.15, 0.2) is 24.3 Å². The van der Waals surface area contributed by atoms with Crippen molar-refractivity contribution in [2.75, 3.05) is 39.4 Å². The second kappa shape index (κ2) is 9.38. The average molecular weight is 320 g/mol. The van der Waals surface area contributed by atoms with Gasteiger partial charge in [0.1, 0.15) is 0 Å². The van der Waals surface area contributed by atoms with Gasteiger partial charge in [-0.05, 0) is 23.5 Å². The van der Waals surface area contributed by atoms with E-state index in [1.54, 1.807) is 0 Å². The van der Waals surface area contributed by atoms with Crippen molar-refractivity contribution in [3.8, 4) is 0 Å². The predicted molar refractivity (Wildman–Crippen MR) is 94.7 cm³/mol. The van der Waals surface area contributed by atoms with Crippen LogP contribution in [0.2, 0.25) is 0 Å². The molecule has 23 heavy (non-hydrogen) atoms. The van der Waals surface area contributed by atoms with Gasteiger partial charge >= 0.3 is 0 Å². The summed E-state index contributed by atoms with van der Waals surface area (Å²) in [5.41, 5.74) is 2.67. The first-order valence-corrected chi connectivity index (χ1v) is 8.90. The van der Waals surface area contributed by atoms with Gasteiger partial charge in [-0.25, -0.2) is 0 Å². The zero-order valence-corrected chi connectivity index (χ0v) is 14.8. The molecule has 0 amide bonds. The van der Waals surface area contributed by atoms with Crippen molar-refractivity contribution in [3.05, 3.63) is 35.4 Å². The standard InChI is InChI=1S/C19H32N2O2/c1-4-16-5-7-17(8-6-16)19(15(2)3)20-13-18(22)14-21-9-11-23-12-10-21/h5-8,15,18-20,22H,4,9-14H2,1-3H3. The van der Waals surface area contributed by atoms with E-state index in [2.05, 4.69) is 55.3 Å². The van der Waals surface area contributed by atoms with Gasteiger partial charge in [-0.3, -0.25) is 4.90 Å². The number of rotatable bonds is 8. The molecular formula is C19H32N2O2. The lowest BCUT2D eigenvalue weighted by atomic mass is 9.94. The summed E-state index contributed by atoms with van der Waals surface area (Å²) in [6, 6.07) is 9.11. The van der Waals surface area contributed by atoms with Gasteiger partial charge in [0.25, 0.3) is 0 Å². The van der Waals surface area contributed by atoms with Gasteiger partial charge in [-0.1, -0.05) is 45.0 Å². The van der Waals surface area contributed by atoms with E-state index in [0.29, 0.717) is 12.5 Å². The molecule has 1 aliphatic rings. The Morgan fingerprint density at radius 2 is 1.83 bits per heavy atom. The van der Waals surface area contributed by atoms with Gasteiger partial charge in [-0.2, -0.15) is 0 Å². The van der Waals surface area contributed by atoms with Gasteiger partial charge in [-0.15, -0.1) is 0 Å². The van der Waals surface area contributed by atoms with Gasteiger partial charge in [0.05, 0.1) is 19.3 Å². The second-order valence-corrected chi connectivity index (χ2v) is 6.79. The number of ether oxygens (including phenoxy) is 1. The molecular weight excluding hydrogens is 288 g/mol. The number of hydrogen-bond donors (Lipinski definition) is 2. The number of aliphatic hydroxyl groups is 1. The molecule has 1 fully saturated rings. The van der Waals surface area contributed by atoms with Crippen LogP contribution >= 0.6 is 0 Å². The second-order valence-electron chi connectivity index (χ2n) is 6.79. The molecule has 2 N–H and O–H groups in total. The largest absolute Gasteiger partial charge is 0.390 e. The summed E-state index contributed by atoms with van der Waals surface area (Å²) in [5.74, 6) is 0.484. The summed E-state index contributed by atoms with van der Waals surface area (Å²) in [4.78, 5) is 2.27. The van der Waals surface area contributed by atoms with Crippen LogP contribution in [0.5, 0.6) is 0 Å². The molecule has 130 valence electrons. The van der Waals surface area contributed by atoms with Crippen LogP contribution in [0.25, 0.3) is 0 Å². The van der Waals surface area contributed by atoms with Crippen molar-refractivity contribution < 1.29 is 9.84 Å². The third-order valence-corrected chi connectivity index (χ3v) is 4.56. The third-order valence-electron chi connectivity index (χ3n) is 4.56. The van der Waals surface area contributed by atoms with E-state index < -0.39 is 0 Å². The molecule has 0 radical (unpaired) electrons. The molecule has 1 heterocycles. The highest BCUT2D eigenvalue weighted by Gasteiger charge is 2.19. The Bertz CT molecular complexity index is 441. The van der Waals surface area contributed by atoms with Crippen molar-refractivity contribution in [1.29, 1.82) is 0 Å². The molecule has 0 aromatic heterocycles. The lowest BCUT2D eigenvalue weighted by molar-refractivity contribution is 0.0142. The van der Waals surface area contributed by atoms with E-state index >= 15 is 0 Å². The maximum atomic E-state index is 10.3. The molecule has 1 aliphatic heterocycles. The average Bonchev–Trinajstić information content (AvgIpc) is 2.56. The van der Waals surface area contributed by atoms with E-state index in [1.165, 1.54) is 11.1 Å². The fourth-order valence-electron chi connectivity index (χ4n) is 3.11. The third kappa shape index (κ3) is 5.88. The number of β-amino-alcohol motifs (C(OH)–C–C–N with tert-alkyl or cyclic N) is 1. The number of hydrogen-bond acceptors (Lipinski definition) is 4. The molecule has 0 bridgehead atoms. The molecule has 4 heteroatoms. The quantitative estimate of drug-likeness (QED) is 0.771. The topological polar surface area (TPSA) is 44.7 Å². The number of benzene rings is 1. The smallest absolute Gasteiger partial charge is 0.0791 e. The van der Waals surface area contributed by atoms with E-state index in [0.717, 1.165) is 39.3 Å². The predicted octanol–water partition coefficient (Wildman–Crippen LogP) is 2.23. The van der Waals surface area contributed by atoms with Crippen LogP contribution in [0.1, 0.15) is 37.9 Å². The zero-order valence-electron chi connectivity index (χ0n) is 14.8. The van der Waals surface area contributed by atoms with Gasteiger partial charge in [0, 0.05) is 32.2 Å². The van der Waals surface area contributed by atoms with Crippen molar-refractivity contribution in [2.45, 2.75) is 39.3 Å². The summed E-state index contributed by atoms with van der Waals surface area (Å²) in [6.45, 7) is 11.4. The number of nitrogens with zero attached hydrogens (tertiary/aromatic N) is 1. The molecule has 2 unspecified atom stereocenters. The van der Waals surface area contributed by atoms with Gasteiger partial charge < -0.3 is 15.2 Å². The summed E-state index contributed by atoms with van der Waals surface area (Å²) >= 11 is 0. The van der Waals surface area contributed by atoms with Crippen molar-refractivity contribution in [1.82, 2.24) is 10.2 Å². The Hall–Kier alpha value is -0.940. The minimum atomic E-state index is -0.343. The fourth-order valence-corrected chi connectivity index (χ4v) is 3.11.